The first-order valence-corrected chi connectivity index (χ1v) is 9.57. The van der Waals surface area contributed by atoms with E-state index in [-0.39, 0.29) is 5.91 Å². The molecule has 4 nitrogen and oxygen atoms in total. The molecule has 1 amide bonds. The molecule has 0 saturated carbocycles. The van der Waals surface area contributed by atoms with Gasteiger partial charge in [-0.3, -0.25) is 9.69 Å². The molecule has 0 unspecified atom stereocenters. The summed E-state index contributed by atoms with van der Waals surface area (Å²) in [6, 6.07) is 17.6. The fourth-order valence-electron chi connectivity index (χ4n) is 3.53. The third-order valence-electron chi connectivity index (χ3n) is 5.16. The molecule has 0 bridgehead atoms. The van der Waals surface area contributed by atoms with Crippen molar-refractivity contribution in [3.63, 3.8) is 0 Å². The lowest BCUT2D eigenvalue weighted by atomic mass is 9.93. The highest BCUT2D eigenvalue weighted by Crippen LogP contribution is 2.21. The number of hydrogen-bond acceptors (Lipinski definition) is 3. The zero-order chi connectivity index (χ0) is 18.2. The molecule has 1 saturated heterocycles. The second-order valence-electron chi connectivity index (χ2n) is 7.13. The van der Waals surface area contributed by atoms with Gasteiger partial charge in [-0.2, -0.15) is 0 Å². The predicted octanol–water partition coefficient (Wildman–Crippen LogP) is 3.76. The summed E-state index contributed by atoms with van der Waals surface area (Å²) in [6.07, 6.45) is 3.87. The molecule has 1 aliphatic rings. The summed E-state index contributed by atoms with van der Waals surface area (Å²) in [6.45, 7) is 4.44. The molecular weight excluding hydrogens is 322 g/mol. The first kappa shape index (κ1) is 18.6. The van der Waals surface area contributed by atoms with Crippen molar-refractivity contribution in [3.8, 4) is 0 Å². The lowest BCUT2D eigenvalue weighted by molar-refractivity contribution is 0.102. The minimum Gasteiger partial charge on any atom is -0.322 e. The van der Waals surface area contributed by atoms with Gasteiger partial charge in [0.15, 0.2) is 0 Å². The summed E-state index contributed by atoms with van der Waals surface area (Å²) in [5, 5.41) is 6.18. The number of benzene rings is 2. The molecule has 0 aromatic heterocycles. The highest BCUT2D eigenvalue weighted by molar-refractivity contribution is 6.04. The third kappa shape index (κ3) is 5.41. The second kappa shape index (κ2) is 9.51. The van der Waals surface area contributed by atoms with Gasteiger partial charge in [-0.05, 0) is 81.7 Å². The van der Waals surface area contributed by atoms with E-state index in [0.29, 0.717) is 5.56 Å². The van der Waals surface area contributed by atoms with Crippen LogP contribution in [0.1, 0.15) is 35.2 Å². The fourth-order valence-corrected chi connectivity index (χ4v) is 3.53. The van der Waals surface area contributed by atoms with E-state index < -0.39 is 0 Å². The molecule has 2 aromatic carbocycles. The molecule has 1 aliphatic heterocycles. The zero-order valence-electron chi connectivity index (χ0n) is 15.6. The standard InChI is InChI=1S/C22H29N3O/c1-23-14-11-18-12-15-25(16-13-18)17-19-7-9-20(10-8-19)22(26)24-21-5-3-2-4-6-21/h2-10,18,23H,11-17H2,1H3,(H,24,26). The first-order chi connectivity index (χ1) is 12.7. The number of piperidine rings is 1. The lowest BCUT2D eigenvalue weighted by Crippen LogP contribution is -2.34. The number of rotatable bonds is 7. The van der Waals surface area contributed by atoms with Gasteiger partial charge >= 0.3 is 0 Å². The Balaban J connectivity index is 1.48. The van der Waals surface area contributed by atoms with Crippen molar-refractivity contribution < 1.29 is 4.79 Å². The van der Waals surface area contributed by atoms with Crippen LogP contribution < -0.4 is 10.6 Å². The number of nitrogens with one attached hydrogen (secondary N) is 2. The SMILES string of the molecule is CNCCC1CCN(Cc2ccc(C(=O)Nc3ccccc3)cc2)CC1. The highest BCUT2D eigenvalue weighted by Gasteiger charge is 2.18. The van der Waals surface area contributed by atoms with Crippen molar-refractivity contribution in [2.45, 2.75) is 25.8 Å². The lowest BCUT2D eigenvalue weighted by Gasteiger charge is -2.32. The Hall–Kier alpha value is -2.17. The average Bonchev–Trinajstić information content (AvgIpc) is 2.69. The molecule has 26 heavy (non-hydrogen) atoms. The molecule has 3 rings (SSSR count). The number of carbonyl (C=O) groups excluding carboxylic acids is 1. The van der Waals surface area contributed by atoms with Gasteiger partial charge in [-0.25, -0.2) is 0 Å². The van der Waals surface area contributed by atoms with Crippen LogP contribution in [-0.2, 0) is 6.54 Å². The molecule has 1 fully saturated rings. The fraction of sp³-hybridized carbons (Fsp3) is 0.409. The van der Waals surface area contributed by atoms with Crippen molar-refractivity contribution in [3.05, 3.63) is 65.7 Å². The van der Waals surface area contributed by atoms with E-state index >= 15 is 0 Å². The van der Waals surface area contributed by atoms with Crippen LogP contribution in [0.5, 0.6) is 0 Å². The minimum absolute atomic E-state index is 0.0619. The molecule has 0 radical (unpaired) electrons. The first-order valence-electron chi connectivity index (χ1n) is 9.57. The summed E-state index contributed by atoms with van der Waals surface area (Å²) in [4.78, 5) is 14.8. The maximum Gasteiger partial charge on any atom is 0.255 e. The molecule has 0 atom stereocenters. The Bertz CT molecular complexity index is 676. The van der Waals surface area contributed by atoms with Crippen LogP contribution in [0.2, 0.25) is 0 Å². The maximum absolute atomic E-state index is 12.3. The zero-order valence-corrected chi connectivity index (χ0v) is 15.6. The molecule has 2 aromatic rings. The monoisotopic (exact) mass is 351 g/mol. The molecule has 2 N–H and O–H groups in total. The van der Waals surface area contributed by atoms with Crippen molar-refractivity contribution in [1.29, 1.82) is 0 Å². The summed E-state index contributed by atoms with van der Waals surface area (Å²) >= 11 is 0. The minimum atomic E-state index is -0.0619. The number of carbonyl (C=O) groups is 1. The van der Waals surface area contributed by atoms with E-state index in [0.717, 1.165) is 24.7 Å². The van der Waals surface area contributed by atoms with Crippen molar-refractivity contribution >= 4 is 11.6 Å². The van der Waals surface area contributed by atoms with E-state index in [1.165, 1.54) is 37.9 Å². The summed E-state index contributed by atoms with van der Waals surface area (Å²) in [7, 11) is 2.03. The van der Waals surface area contributed by atoms with Gasteiger partial charge in [0, 0.05) is 17.8 Å². The van der Waals surface area contributed by atoms with Crippen LogP contribution in [0, 0.1) is 5.92 Å². The number of hydrogen-bond donors (Lipinski definition) is 2. The van der Waals surface area contributed by atoms with Crippen LogP contribution in [0.3, 0.4) is 0 Å². The topological polar surface area (TPSA) is 44.4 Å². The molecule has 0 aliphatic carbocycles. The quantitative estimate of drug-likeness (QED) is 0.798. The molecule has 138 valence electrons. The van der Waals surface area contributed by atoms with Crippen LogP contribution >= 0.6 is 0 Å². The van der Waals surface area contributed by atoms with Gasteiger partial charge in [-0.1, -0.05) is 30.3 Å². The normalized spacial score (nSPS) is 15.7. The van der Waals surface area contributed by atoms with Gasteiger partial charge < -0.3 is 10.6 Å². The number of para-hydroxylation sites is 1. The van der Waals surface area contributed by atoms with Crippen molar-refractivity contribution in [2.24, 2.45) is 5.92 Å². The van der Waals surface area contributed by atoms with Crippen LogP contribution in [0.4, 0.5) is 5.69 Å². The smallest absolute Gasteiger partial charge is 0.255 e. The number of nitrogens with zero attached hydrogens (tertiary/aromatic N) is 1. The molecule has 1 heterocycles. The van der Waals surface area contributed by atoms with E-state index in [9.17, 15) is 4.79 Å². The van der Waals surface area contributed by atoms with Gasteiger partial charge in [0.1, 0.15) is 0 Å². The largest absolute Gasteiger partial charge is 0.322 e. The summed E-state index contributed by atoms with van der Waals surface area (Å²) < 4.78 is 0. The second-order valence-corrected chi connectivity index (χ2v) is 7.13. The predicted molar refractivity (Wildman–Crippen MR) is 107 cm³/mol. The third-order valence-corrected chi connectivity index (χ3v) is 5.16. The Morgan fingerprint density at radius 2 is 1.73 bits per heavy atom. The highest BCUT2D eigenvalue weighted by atomic mass is 16.1. The molecule has 0 spiro atoms. The van der Waals surface area contributed by atoms with Crippen molar-refractivity contribution in [1.82, 2.24) is 10.2 Å². The average molecular weight is 351 g/mol. The Kier molecular flexibility index (Phi) is 6.81. The van der Waals surface area contributed by atoms with Gasteiger partial charge in [0.25, 0.3) is 5.91 Å². The van der Waals surface area contributed by atoms with E-state index in [1.807, 2.05) is 49.5 Å². The Labute approximate surface area is 156 Å². The van der Waals surface area contributed by atoms with E-state index in [1.54, 1.807) is 0 Å². The molecular formula is C22H29N3O. The maximum atomic E-state index is 12.3. The summed E-state index contributed by atoms with van der Waals surface area (Å²) in [5.74, 6) is 0.802. The number of likely N-dealkylation sites (tertiary alicyclic amines) is 1. The van der Waals surface area contributed by atoms with Crippen molar-refractivity contribution in [2.75, 3.05) is 32.0 Å². The van der Waals surface area contributed by atoms with Gasteiger partial charge in [0.2, 0.25) is 0 Å². The Morgan fingerprint density at radius 1 is 1.04 bits per heavy atom. The number of anilines is 1. The van der Waals surface area contributed by atoms with E-state index in [2.05, 4.69) is 27.7 Å². The number of amides is 1. The van der Waals surface area contributed by atoms with Crippen LogP contribution in [0.15, 0.2) is 54.6 Å². The molecule has 4 heteroatoms. The van der Waals surface area contributed by atoms with Crippen LogP contribution in [0.25, 0.3) is 0 Å². The van der Waals surface area contributed by atoms with Gasteiger partial charge in [-0.15, -0.1) is 0 Å². The summed E-state index contributed by atoms with van der Waals surface area (Å²) in [5.41, 5.74) is 2.79. The van der Waals surface area contributed by atoms with E-state index in [4.69, 9.17) is 0 Å². The van der Waals surface area contributed by atoms with Crippen LogP contribution in [-0.4, -0.2) is 37.5 Å². The Morgan fingerprint density at radius 3 is 2.38 bits per heavy atom. The van der Waals surface area contributed by atoms with Gasteiger partial charge in [0.05, 0.1) is 0 Å².